The van der Waals surface area contributed by atoms with E-state index in [1.54, 1.807) is 12.0 Å². The van der Waals surface area contributed by atoms with Gasteiger partial charge >= 0.3 is 6.03 Å². The standard InChI is InChI=1S/C24H26N4O3/c1-4-5-15-28-16(2)20(21(25-24(28)29)17-9-7-6-8-10-17)23-26-22(27-31-23)18-11-13-19(30-3)14-12-18/h6-14,21H,4-5,15H2,1-3H3,(H,25,29). The summed E-state index contributed by atoms with van der Waals surface area (Å²) in [7, 11) is 1.63. The zero-order valence-corrected chi connectivity index (χ0v) is 18.0. The Balaban J connectivity index is 1.76. The van der Waals surface area contributed by atoms with Crippen LogP contribution in [0.2, 0.25) is 0 Å². The molecule has 7 nitrogen and oxygen atoms in total. The van der Waals surface area contributed by atoms with Crippen LogP contribution < -0.4 is 10.1 Å². The molecule has 0 bridgehead atoms. The van der Waals surface area contributed by atoms with Crippen molar-refractivity contribution in [3.05, 3.63) is 71.7 Å². The first-order valence-electron chi connectivity index (χ1n) is 10.4. The van der Waals surface area contributed by atoms with Gasteiger partial charge in [0.2, 0.25) is 5.82 Å². The number of urea groups is 1. The molecule has 0 saturated heterocycles. The summed E-state index contributed by atoms with van der Waals surface area (Å²) >= 11 is 0. The van der Waals surface area contributed by atoms with Gasteiger partial charge in [0.25, 0.3) is 5.89 Å². The van der Waals surface area contributed by atoms with Crippen LogP contribution in [0, 0.1) is 0 Å². The number of methoxy groups -OCH3 is 1. The largest absolute Gasteiger partial charge is 0.497 e. The lowest BCUT2D eigenvalue weighted by Gasteiger charge is -2.35. The van der Waals surface area contributed by atoms with Gasteiger partial charge in [-0.25, -0.2) is 4.79 Å². The summed E-state index contributed by atoms with van der Waals surface area (Å²) in [5.41, 5.74) is 3.43. The van der Waals surface area contributed by atoms with E-state index in [1.807, 2.05) is 61.5 Å². The number of amides is 2. The van der Waals surface area contributed by atoms with Crippen molar-refractivity contribution in [2.75, 3.05) is 13.7 Å². The van der Waals surface area contributed by atoms with Crippen molar-refractivity contribution in [2.45, 2.75) is 32.7 Å². The van der Waals surface area contributed by atoms with Crippen LogP contribution in [0.5, 0.6) is 5.75 Å². The van der Waals surface area contributed by atoms with Crippen molar-refractivity contribution in [1.82, 2.24) is 20.4 Å². The zero-order valence-electron chi connectivity index (χ0n) is 18.0. The molecule has 0 saturated carbocycles. The van der Waals surface area contributed by atoms with Gasteiger partial charge in [-0.15, -0.1) is 0 Å². The second-order valence-electron chi connectivity index (χ2n) is 7.45. The van der Waals surface area contributed by atoms with Gasteiger partial charge in [-0.2, -0.15) is 4.98 Å². The van der Waals surface area contributed by atoms with E-state index in [0.717, 1.165) is 41.0 Å². The van der Waals surface area contributed by atoms with E-state index >= 15 is 0 Å². The number of rotatable bonds is 7. The van der Waals surface area contributed by atoms with Crippen LogP contribution in [-0.4, -0.2) is 34.7 Å². The van der Waals surface area contributed by atoms with Gasteiger partial charge < -0.3 is 14.6 Å². The van der Waals surface area contributed by atoms with E-state index in [9.17, 15) is 4.79 Å². The Kier molecular flexibility index (Phi) is 6.02. The van der Waals surface area contributed by atoms with Crippen LogP contribution in [0.15, 0.2) is 64.8 Å². The predicted octanol–water partition coefficient (Wildman–Crippen LogP) is 5.04. The first-order valence-corrected chi connectivity index (χ1v) is 10.4. The minimum absolute atomic E-state index is 0.113. The average Bonchev–Trinajstić information content (AvgIpc) is 3.29. The van der Waals surface area contributed by atoms with E-state index in [-0.39, 0.29) is 12.1 Å². The summed E-state index contributed by atoms with van der Waals surface area (Å²) in [6, 6.07) is 16.8. The maximum Gasteiger partial charge on any atom is 0.322 e. The first-order chi connectivity index (χ1) is 15.1. The summed E-state index contributed by atoms with van der Waals surface area (Å²) in [4.78, 5) is 19.3. The van der Waals surface area contributed by atoms with Gasteiger partial charge in [-0.05, 0) is 43.2 Å². The molecule has 2 aromatic carbocycles. The highest BCUT2D eigenvalue weighted by molar-refractivity contribution is 5.86. The van der Waals surface area contributed by atoms with Crippen LogP contribution >= 0.6 is 0 Å². The van der Waals surface area contributed by atoms with E-state index in [1.165, 1.54) is 0 Å². The van der Waals surface area contributed by atoms with Crippen molar-refractivity contribution >= 4 is 11.6 Å². The molecule has 160 valence electrons. The maximum absolute atomic E-state index is 12.9. The molecule has 1 unspecified atom stereocenters. The van der Waals surface area contributed by atoms with Crippen LogP contribution in [-0.2, 0) is 0 Å². The smallest absolute Gasteiger partial charge is 0.322 e. The third-order valence-corrected chi connectivity index (χ3v) is 5.47. The molecule has 1 aliphatic rings. The maximum atomic E-state index is 12.9. The molecule has 2 amide bonds. The molecule has 0 fully saturated rings. The second-order valence-corrected chi connectivity index (χ2v) is 7.45. The monoisotopic (exact) mass is 418 g/mol. The normalized spacial score (nSPS) is 16.4. The lowest BCUT2D eigenvalue weighted by Crippen LogP contribution is -2.46. The molecule has 1 N–H and O–H groups in total. The van der Waals surface area contributed by atoms with E-state index in [2.05, 4.69) is 22.4 Å². The summed E-state index contributed by atoms with van der Waals surface area (Å²) in [6.07, 6.45) is 1.91. The third kappa shape index (κ3) is 4.17. The van der Waals surface area contributed by atoms with Crippen molar-refractivity contribution in [3.8, 4) is 17.1 Å². The van der Waals surface area contributed by atoms with Crippen LogP contribution in [0.25, 0.3) is 17.0 Å². The van der Waals surface area contributed by atoms with Gasteiger partial charge in [-0.1, -0.05) is 48.8 Å². The van der Waals surface area contributed by atoms with Crippen molar-refractivity contribution in [1.29, 1.82) is 0 Å². The highest BCUT2D eigenvalue weighted by atomic mass is 16.5. The average molecular weight is 418 g/mol. The zero-order chi connectivity index (χ0) is 21.8. The first kappa shape index (κ1) is 20.7. The summed E-state index contributed by atoms with van der Waals surface area (Å²) in [5.74, 6) is 1.65. The molecular formula is C24H26N4O3. The van der Waals surface area contributed by atoms with Crippen molar-refractivity contribution < 1.29 is 14.1 Å². The van der Waals surface area contributed by atoms with Gasteiger partial charge in [0, 0.05) is 17.8 Å². The summed E-state index contributed by atoms with van der Waals surface area (Å²) in [5, 5.41) is 7.31. The van der Waals surface area contributed by atoms with Gasteiger partial charge in [0.1, 0.15) is 5.75 Å². The molecular weight excluding hydrogens is 392 g/mol. The van der Waals surface area contributed by atoms with Crippen LogP contribution in [0.1, 0.15) is 44.2 Å². The number of hydrogen-bond donors (Lipinski definition) is 1. The van der Waals surface area contributed by atoms with Crippen molar-refractivity contribution in [3.63, 3.8) is 0 Å². The fourth-order valence-corrected chi connectivity index (χ4v) is 3.73. The number of unbranched alkanes of at least 4 members (excludes halogenated alkanes) is 1. The number of hydrogen-bond acceptors (Lipinski definition) is 5. The Hall–Kier alpha value is -3.61. The molecule has 2 heterocycles. The summed E-state index contributed by atoms with van der Waals surface area (Å²) < 4.78 is 10.9. The number of nitrogens with zero attached hydrogens (tertiary/aromatic N) is 3. The minimum Gasteiger partial charge on any atom is -0.497 e. The molecule has 7 heteroatoms. The Morgan fingerprint density at radius 2 is 1.87 bits per heavy atom. The minimum atomic E-state index is -0.365. The highest BCUT2D eigenvalue weighted by Crippen LogP contribution is 2.37. The van der Waals surface area contributed by atoms with Crippen LogP contribution in [0.3, 0.4) is 0 Å². The predicted molar refractivity (Wildman–Crippen MR) is 118 cm³/mol. The molecule has 31 heavy (non-hydrogen) atoms. The fourth-order valence-electron chi connectivity index (χ4n) is 3.73. The van der Waals surface area contributed by atoms with Gasteiger partial charge in [0.05, 0.1) is 18.7 Å². The highest BCUT2D eigenvalue weighted by Gasteiger charge is 2.35. The number of allylic oxidation sites excluding steroid dienone is 1. The topological polar surface area (TPSA) is 80.5 Å². The molecule has 1 atom stereocenters. The Morgan fingerprint density at radius 1 is 1.13 bits per heavy atom. The van der Waals surface area contributed by atoms with Crippen molar-refractivity contribution in [2.24, 2.45) is 0 Å². The van der Waals surface area contributed by atoms with E-state index in [0.29, 0.717) is 18.3 Å². The molecule has 1 aliphatic heterocycles. The molecule has 4 rings (SSSR count). The second kappa shape index (κ2) is 9.04. The van der Waals surface area contributed by atoms with Crippen LogP contribution in [0.4, 0.5) is 4.79 Å². The summed E-state index contributed by atoms with van der Waals surface area (Å²) in [6.45, 7) is 4.68. The molecule has 0 aliphatic carbocycles. The lowest BCUT2D eigenvalue weighted by molar-refractivity contribution is 0.204. The molecule has 0 radical (unpaired) electrons. The number of carbonyl (C=O) groups is 1. The van der Waals surface area contributed by atoms with E-state index in [4.69, 9.17) is 9.26 Å². The number of benzene rings is 2. The molecule has 3 aromatic rings. The lowest BCUT2D eigenvalue weighted by atomic mass is 9.94. The third-order valence-electron chi connectivity index (χ3n) is 5.47. The number of ether oxygens (including phenoxy) is 1. The molecule has 1 aromatic heterocycles. The Bertz CT molecular complexity index is 1070. The van der Waals surface area contributed by atoms with Gasteiger partial charge in [-0.3, -0.25) is 4.90 Å². The Morgan fingerprint density at radius 3 is 2.55 bits per heavy atom. The SMILES string of the molecule is CCCCN1C(=O)NC(c2ccccc2)C(c2nc(-c3ccc(OC)cc3)no2)=C1C. The number of carbonyl (C=O) groups excluding carboxylic acids is 1. The fraction of sp³-hybridized carbons (Fsp3) is 0.292. The number of nitrogens with one attached hydrogen (secondary N) is 1. The number of aromatic nitrogens is 2. The van der Waals surface area contributed by atoms with E-state index < -0.39 is 0 Å². The molecule has 0 spiro atoms. The Labute approximate surface area is 181 Å². The quantitative estimate of drug-likeness (QED) is 0.581. The van der Waals surface area contributed by atoms with Gasteiger partial charge in [0.15, 0.2) is 0 Å².